The van der Waals surface area contributed by atoms with Crippen LogP contribution in [0.5, 0.6) is 0 Å². The summed E-state index contributed by atoms with van der Waals surface area (Å²) in [5, 5.41) is 16.8. The van der Waals surface area contributed by atoms with Crippen molar-refractivity contribution in [2.75, 3.05) is 5.75 Å². The molecule has 1 aliphatic heterocycles. The van der Waals surface area contributed by atoms with E-state index in [1.54, 1.807) is 5.01 Å². The molecule has 1 heterocycles. The number of hydrogen-bond donors (Lipinski definition) is 1. The molecule has 21 heavy (non-hydrogen) atoms. The average Bonchev–Trinajstić information content (AvgIpc) is 2.77. The lowest BCUT2D eigenvalue weighted by Crippen LogP contribution is -2.29. The topological polar surface area (TPSA) is 48.2 Å². The minimum absolute atomic E-state index is 0.340. The number of aliphatic imine (C=N–C) groups is 1. The van der Waals surface area contributed by atoms with Crippen LogP contribution in [0.3, 0.4) is 0 Å². The van der Waals surface area contributed by atoms with Gasteiger partial charge in [-0.1, -0.05) is 57.7 Å². The van der Waals surface area contributed by atoms with Gasteiger partial charge in [-0.15, -0.1) is 0 Å². The van der Waals surface area contributed by atoms with Crippen LogP contribution < -0.4 is 0 Å². The molecule has 0 bridgehead atoms. The molecule has 0 saturated carbocycles. The van der Waals surface area contributed by atoms with Crippen molar-refractivity contribution in [3.63, 3.8) is 0 Å². The molecule has 1 N–H and O–H groups in total. The van der Waals surface area contributed by atoms with Crippen molar-refractivity contribution in [1.29, 1.82) is 0 Å². The quantitative estimate of drug-likeness (QED) is 0.861. The third kappa shape index (κ3) is 4.08. The molecule has 4 nitrogen and oxygen atoms in total. The van der Waals surface area contributed by atoms with Gasteiger partial charge in [0.1, 0.15) is 0 Å². The molecule has 1 saturated heterocycles. The Kier molecular flexibility index (Phi) is 5.42. The number of para-hydroxylation sites is 1. The van der Waals surface area contributed by atoms with Crippen molar-refractivity contribution >= 4 is 28.8 Å². The fourth-order valence-electron chi connectivity index (χ4n) is 2.01. The standard InChI is InChI=1S/C16H23N3OS/c1-11(2)9-17-19-15(20)10-21-16(19)18-14-8-6-5-7-13(14)12(3)4/h5-9,11-12,15,20H,10H2,1-4H3/b17-9+,18-16-. The summed E-state index contributed by atoms with van der Waals surface area (Å²) in [4.78, 5) is 4.72. The van der Waals surface area contributed by atoms with E-state index in [2.05, 4.69) is 38.9 Å². The van der Waals surface area contributed by atoms with Crippen LogP contribution in [-0.2, 0) is 0 Å². The fraction of sp³-hybridized carbons (Fsp3) is 0.500. The SMILES string of the molecule is CC(C)/C=N/N1/C(=N/c2ccccc2C(C)C)SCC1O. The van der Waals surface area contributed by atoms with Gasteiger partial charge in [-0.3, -0.25) is 0 Å². The normalized spacial score (nSPS) is 21.4. The lowest BCUT2D eigenvalue weighted by atomic mass is 10.0. The number of thioether (sulfide) groups is 1. The second-order valence-electron chi connectivity index (χ2n) is 5.75. The van der Waals surface area contributed by atoms with Gasteiger partial charge in [0.25, 0.3) is 0 Å². The van der Waals surface area contributed by atoms with Crippen LogP contribution in [0, 0.1) is 5.92 Å². The molecular formula is C16H23N3OS. The van der Waals surface area contributed by atoms with E-state index < -0.39 is 6.23 Å². The Morgan fingerprint density at radius 1 is 1.29 bits per heavy atom. The monoisotopic (exact) mass is 305 g/mol. The lowest BCUT2D eigenvalue weighted by Gasteiger charge is -2.17. The maximum Gasteiger partial charge on any atom is 0.187 e. The first-order valence-electron chi connectivity index (χ1n) is 7.31. The van der Waals surface area contributed by atoms with Crippen molar-refractivity contribution in [3.8, 4) is 0 Å². The van der Waals surface area contributed by atoms with Gasteiger partial charge in [-0.05, 0) is 23.5 Å². The second kappa shape index (κ2) is 7.09. The first-order valence-corrected chi connectivity index (χ1v) is 8.29. The van der Waals surface area contributed by atoms with E-state index in [4.69, 9.17) is 4.99 Å². The van der Waals surface area contributed by atoms with Crippen molar-refractivity contribution in [1.82, 2.24) is 5.01 Å². The summed E-state index contributed by atoms with van der Waals surface area (Å²) < 4.78 is 0. The van der Waals surface area contributed by atoms with Gasteiger partial charge in [0.2, 0.25) is 0 Å². The molecule has 1 aromatic rings. The number of hydrogen-bond acceptors (Lipinski definition) is 4. The molecule has 1 fully saturated rings. The van der Waals surface area contributed by atoms with Gasteiger partial charge in [0.05, 0.1) is 5.69 Å². The highest BCUT2D eigenvalue weighted by Gasteiger charge is 2.28. The molecule has 2 rings (SSSR count). The van der Waals surface area contributed by atoms with Crippen LogP contribution >= 0.6 is 11.8 Å². The van der Waals surface area contributed by atoms with Gasteiger partial charge in [-0.25, -0.2) is 10.0 Å². The van der Waals surface area contributed by atoms with E-state index in [0.717, 1.165) is 10.9 Å². The Morgan fingerprint density at radius 3 is 2.67 bits per heavy atom. The summed E-state index contributed by atoms with van der Waals surface area (Å²) in [7, 11) is 0. The number of nitrogens with zero attached hydrogens (tertiary/aromatic N) is 3. The molecule has 1 aromatic carbocycles. The van der Waals surface area contributed by atoms with Crippen LogP contribution in [0.15, 0.2) is 34.4 Å². The van der Waals surface area contributed by atoms with E-state index in [1.807, 2.05) is 24.4 Å². The van der Waals surface area contributed by atoms with Crippen LogP contribution in [0.25, 0.3) is 0 Å². The molecule has 1 unspecified atom stereocenters. The van der Waals surface area contributed by atoms with Crippen LogP contribution in [-0.4, -0.2) is 33.5 Å². The number of rotatable bonds is 4. The minimum Gasteiger partial charge on any atom is -0.371 e. The van der Waals surface area contributed by atoms with Crippen molar-refractivity contribution in [3.05, 3.63) is 29.8 Å². The first kappa shape index (κ1) is 16.0. The molecule has 114 valence electrons. The third-order valence-electron chi connectivity index (χ3n) is 3.10. The van der Waals surface area contributed by atoms with E-state index >= 15 is 0 Å². The summed E-state index contributed by atoms with van der Waals surface area (Å²) in [6, 6.07) is 8.13. The van der Waals surface area contributed by atoms with Crippen LogP contribution in [0.4, 0.5) is 5.69 Å². The number of aliphatic hydroxyl groups excluding tert-OH is 1. The Balaban J connectivity index is 2.31. The highest BCUT2D eigenvalue weighted by atomic mass is 32.2. The largest absolute Gasteiger partial charge is 0.371 e. The molecule has 5 heteroatoms. The number of amidine groups is 1. The number of aliphatic hydroxyl groups is 1. The zero-order chi connectivity index (χ0) is 15.4. The maximum atomic E-state index is 10.0. The Hall–Kier alpha value is -1.33. The highest BCUT2D eigenvalue weighted by Crippen LogP contribution is 2.31. The summed E-state index contributed by atoms with van der Waals surface area (Å²) in [6.45, 7) is 8.43. The van der Waals surface area contributed by atoms with Gasteiger partial charge < -0.3 is 5.11 Å². The Bertz CT molecular complexity index is 540. The molecule has 0 amide bonds. The maximum absolute atomic E-state index is 10.0. The molecule has 0 spiro atoms. The molecule has 1 atom stereocenters. The summed E-state index contributed by atoms with van der Waals surface area (Å²) >= 11 is 1.54. The Morgan fingerprint density at radius 2 is 2.00 bits per heavy atom. The number of benzene rings is 1. The molecular weight excluding hydrogens is 282 g/mol. The van der Waals surface area contributed by atoms with E-state index in [1.165, 1.54) is 17.3 Å². The van der Waals surface area contributed by atoms with E-state index in [9.17, 15) is 5.11 Å². The van der Waals surface area contributed by atoms with Gasteiger partial charge in [-0.2, -0.15) is 5.10 Å². The first-order chi connectivity index (χ1) is 9.99. The van der Waals surface area contributed by atoms with Crippen LogP contribution in [0.2, 0.25) is 0 Å². The molecule has 0 aliphatic carbocycles. The van der Waals surface area contributed by atoms with Gasteiger partial charge >= 0.3 is 0 Å². The Labute approximate surface area is 131 Å². The van der Waals surface area contributed by atoms with Crippen molar-refractivity contribution in [2.45, 2.75) is 39.8 Å². The zero-order valence-electron chi connectivity index (χ0n) is 13.0. The van der Waals surface area contributed by atoms with Crippen LogP contribution in [0.1, 0.15) is 39.2 Å². The highest BCUT2D eigenvalue weighted by molar-refractivity contribution is 8.14. The second-order valence-corrected chi connectivity index (χ2v) is 6.74. The molecule has 1 aliphatic rings. The van der Waals surface area contributed by atoms with E-state index in [0.29, 0.717) is 17.6 Å². The summed E-state index contributed by atoms with van der Waals surface area (Å²) in [5.41, 5.74) is 2.16. The molecule has 0 radical (unpaired) electrons. The smallest absolute Gasteiger partial charge is 0.187 e. The van der Waals surface area contributed by atoms with Gasteiger partial charge in [0, 0.05) is 12.0 Å². The molecule has 0 aromatic heterocycles. The third-order valence-corrected chi connectivity index (χ3v) is 4.11. The number of hydrazone groups is 1. The lowest BCUT2D eigenvalue weighted by molar-refractivity contribution is 0.0850. The minimum atomic E-state index is -0.602. The summed E-state index contributed by atoms with van der Waals surface area (Å²) in [5.74, 6) is 1.35. The van der Waals surface area contributed by atoms with E-state index in [-0.39, 0.29) is 0 Å². The van der Waals surface area contributed by atoms with Crippen molar-refractivity contribution in [2.24, 2.45) is 16.0 Å². The predicted molar refractivity (Wildman–Crippen MR) is 91.3 cm³/mol. The average molecular weight is 305 g/mol. The van der Waals surface area contributed by atoms with Crippen molar-refractivity contribution < 1.29 is 5.11 Å². The zero-order valence-corrected chi connectivity index (χ0v) is 13.8. The predicted octanol–water partition coefficient (Wildman–Crippen LogP) is 3.81. The summed E-state index contributed by atoms with van der Waals surface area (Å²) in [6.07, 6.45) is 1.23. The fourth-order valence-corrected chi connectivity index (χ4v) is 2.91. The van der Waals surface area contributed by atoms with Gasteiger partial charge in [0.15, 0.2) is 11.4 Å².